The Bertz CT molecular complexity index is 505. The van der Waals surface area contributed by atoms with Crippen LogP contribution in [0.2, 0.25) is 0 Å². The van der Waals surface area contributed by atoms with Gasteiger partial charge in [0, 0.05) is 24.6 Å². The van der Waals surface area contributed by atoms with Gasteiger partial charge in [0.25, 0.3) is 0 Å². The van der Waals surface area contributed by atoms with Crippen molar-refractivity contribution in [3.05, 3.63) is 12.3 Å². The lowest BCUT2D eigenvalue weighted by Crippen LogP contribution is -2.35. The van der Waals surface area contributed by atoms with Crippen molar-refractivity contribution in [1.82, 2.24) is 15.2 Å². The molecule has 0 saturated carbocycles. The molecule has 6 heteroatoms. The number of ether oxygens (including phenoxy) is 2. The Morgan fingerprint density at radius 1 is 1.30 bits per heavy atom. The van der Waals surface area contributed by atoms with E-state index in [-0.39, 0.29) is 0 Å². The SMILES string of the molecule is COc1cc(NC2CCNCC2)ncc1OCC1CCN(C)C1. The number of pyridine rings is 1. The molecule has 0 bridgehead atoms. The number of hydrogen-bond donors (Lipinski definition) is 2. The fourth-order valence-corrected chi connectivity index (χ4v) is 3.32. The fourth-order valence-electron chi connectivity index (χ4n) is 3.32. The molecule has 2 fully saturated rings. The summed E-state index contributed by atoms with van der Waals surface area (Å²) in [5, 5.41) is 6.86. The highest BCUT2D eigenvalue weighted by Crippen LogP contribution is 2.30. The predicted octanol–water partition coefficient (Wildman–Crippen LogP) is 1.58. The molecule has 2 aliphatic rings. The molecule has 2 N–H and O–H groups in total. The Kier molecular flexibility index (Phi) is 5.56. The van der Waals surface area contributed by atoms with Gasteiger partial charge < -0.3 is 25.0 Å². The normalized spacial score (nSPS) is 23.0. The molecule has 23 heavy (non-hydrogen) atoms. The van der Waals surface area contributed by atoms with Crippen LogP contribution >= 0.6 is 0 Å². The number of hydrogen-bond acceptors (Lipinski definition) is 6. The van der Waals surface area contributed by atoms with Crippen LogP contribution in [0.4, 0.5) is 5.82 Å². The van der Waals surface area contributed by atoms with E-state index in [0.717, 1.165) is 62.9 Å². The summed E-state index contributed by atoms with van der Waals surface area (Å²) in [7, 11) is 3.84. The second kappa shape index (κ2) is 7.84. The molecule has 0 aliphatic carbocycles. The summed E-state index contributed by atoms with van der Waals surface area (Å²) in [5.41, 5.74) is 0. The quantitative estimate of drug-likeness (QED) is 0.830. The van der Waals surface area contributed by atoms with Crippen molar-refractivity contribution in [2.24, 2.45) is 5.92 Å². The topological polar surface area (TPSA) is 58.6 Å². The van der Waals surface area contributed by atoms with Gasteiger partial charge in [0.2, 0.25) is 0 Å². The summed E-state index contributed by atoms with van der Waals surface area (Å²) in [5.74, 6) is 2.94. The molecule has 0 spiro atoms. The number of aromatic nitrogens is 1. The Morgan fingerprint density at radius 2 is 2.13 bits per heavy atom. The Morgan fingerprint density at radius 3 is 2.83 bits per heavy atom. The maximum Gasteiger partial charge on any atom is 0.179 e. The lowest BCUT2D eigenvalue weighted by atomic mass is 10.1. The highest BCUT2D eigenvalue weighted by molar-refractivity contribution is 5.49. The molecule has 1 aromatic heterocycles. The minimum Gasteiger partial charge on any atom is -0.493 e. The van der Waals surface area contributed by atoms with Crippen LogP contribution in [0.3, 0.4) is 0 Å². The summed E-state index contributed by atoms with van der Waals surface area (Å²) in [6.07, 6.45) is 5.22. The zero-order chi connectivity index (χ0) is 16.1. The molecule has 6 nitrogen and oxygen atoms in total. The molecule has 3 heterocycles. The Labute approximate surface area is 138 Å². The summed E-state index contributed by atoms with van der Waals surface area (Å²) in [6.45, 7) is 5.11. The number of piperidine rings is 1. The summed E-state index contributed by atoms with van der Waals surface area (Å²) >= 11 is 0. The lowest BCUT2D eigenvalue weighted by molar-refractivity contribution is 0.237. The first-order valence-corrected chi connectivity index (χ1v) is 8.57. The molecule has 3 rings (SSSR count). The van der Waals surface area contributed by atoms with Crippen LogP contribution in [-0.4, -0.2) is 62.9 Å². The number of anilines is 1. The van der Waals surface area contributed by atoms with E-state index in [0.29, 0.717) is 12.0 Å². The van der Waals surface area contributed by atoms with E-state index >= 15 is 0 Å². The molecule has 0 aromatic carbocycles. The zero-order valence-electron chi connectivity index (χ0n) is 14.2. The van der Waals surface area contributed by atoms with Gasteiger partial charge in [-0.3, -0.25) is 0 Å². The van der Waals surface area contributed by atoms with E-state index in [9.17, 15) is 0 Å². The third kappa shape index (κ3) is 4.48. The molecule has 1 unspecified atom stereocenters. The highest BCUT2D eigenvalue weighted by atomic mass is 16.5. The first kappa shape index (κ1) is 16.3. The van der Waals surface area contributed by atoms with Crippen LogP contribution in [0.1, 0.15) is 19.3 Å². The highest BCUT2D eigenvalue weighted by Gasteiger charge is 2.21. The van der Waals surface area contributed by atoms with E-state index in [1.165, 1.54) is 6.42 Å². The summed E-state index contributed by atoms with van der Waals surface area (Å²) < 4.78 is 11.4. The molecular weight excluding hydrogens is 292 g/mol. The van der Waals surface area contributed by atoms with Gasteiger partial charge >= 0.3 is 0 Å². The Hall–Kier alpha value is -1.53. The molecule has 2 aliphatic heterocycles. The summed E-state index contributed by atoms with van der Waals surface area (Å²) in [6, 6.07) is 2.42. The van der Waals surface area contributed by atoms with Crippen molar-refractivity contribution in [3.63, 3.8) is 0 Å². The zero-order valence-corrected chi connectivity index (χ0v) is 14.2. The second-order valence-corrected chi connectivity index (χ2v) is 6.62. The minimum absolute atomic E-state index is 0.481. The molecule has 1 aromatic rings. The van der Waals surface area contributed by atoms with Gasteiger partial charge in [0.1, 0.15) is 5.82 Å². The van der Waals surface area contributed by atoms with Crippen molar-refractivity contribution < 1.29 is 9.47 Å². The monoisotopic (exact) mass is 320 g/mol. The van der Waals surface area contributed by atoms with Crippen molar-refractivity contribution in [2.75, 3.05) is 52.3 Å². The van der Waals surface area contributed by atoms with Gasteiger partial charge in [-0.05, 0) is 45.9 Å². The van der Waals surface area contributed by atoms with Crippen LogP contribution in [0, 0.1) is 5.92 Å². The van der Waals surface area contributed by atoms with Crippen LogP contribution in [0.15, 0.2) is 12.3 Å². The van der Waals surface area contributed by atoms with Crippen LogP contribution in [0.25, 0.3) is 0 Å². The standard InChI is InChI=1S/C17H28N4O2/c1-21-8-5-13(11-21)12-23-16-10-19-17(9-15(16)22-2)20-14-3-6-18-7-4-14/h9-10,13-14,18H,3-8,11-12H2,1-2H3,(H,19,20). The first-order chi connectivity index (χ1) is 11.2. The van der Waals surface area contributed by atoms with Crippen LogP contribution < -0.4 is 20.1 Å². The number of nitrogens with one attached hydrogen (secondary N) is 2. The third-order valence-corrected chi connectivity index (χ3v) is 4.71. The van der Waals surface area contributed by atoms with E-state index < -0.39 is 0 Å². The number of nitrogens with zero attached hydrogens (tertiary/aromatic N) is 2. The molecule has 1 atom stereocenters. The van der Waals surface area contributed by atoms with E-state index in [2.05, 4.69) is 27.6 Å². The Balaban J connectivity index is 1.57. The summed E-state index contributed by atoms with van der Waals surface area (Å²) in [4.78, 5) is 6.84. The first-order valence-electron chi connectivity index (χ1n) is 8.57. The number of methoxy groups -OCH3 is 1. The van der Waals surface area contributed by atoms with Gasteiger partial charge in [-0.15, -0.1) is 0 Å². The van der Waals surface area contributed by atoms with Crippen LogP contribution in [0.5, 0.6) is 11.5 Å². The van der Waals surface area contributed by atoms with Crippen molar-refractivity contribution in [3.8, 4) is 11.5 Å². The fraction of sp³-hybridized carbons (Fsp3) is 0.706. The average Bonchev–Trinajstić information content (AvgIpc) is 3.00. The van der Waals surface area contributed by atoms with Gasteiger partial charge in [-0.1, -0.05) is 0 Å². The number of rotatable bonds is 6. The van der Waals surface area contributed by atoms with E-state index in [1.54, 1.807) is 13.3 Å². The lowest BCUT2D eigenvalue weighted by Gasteiger charge is -2.24. The van der Waals surface area contributed by atoms with Crippen molar-refractivity contribution >= 4 is 5.82 Å². The smallest absolute Gasteiger partial charge is 0.179 e. The molecular formula is C17H28N4O2. The van der Waals surface area contributed by atoms with Crippen LogP contribution in [-0.2, 0) is 0 Å². The maximum absolute atomic E-state index is 5.95. The number of likely N-dealkylation sites (tertiary alicyclic amines) is 1. The van der Waals surface area contributed by atoms with E-state index in [1.807, 2.05) is 6.07 Å². The van der Waals surface area contributed by atoms with Crippen molar-refractivity contribution in [1.29, 1.82) is 0 Å². The average molecular weight is 320 g/mol. The minimum atomic E-state index is 0.481. The molecule has 2 saturated heterocycles. The van der Waals surface area contributed by atoms with Gasteiger partial charge in [0.15, 0.2) is 11.5 Å². The second-order valence-electron chi connectivity index (χ2n) is 6.62. The van der Waals surface area contributed by atoms with E-state index in [4.69, 9.17) is 9.47 Å². The predicted molar refractivity (Wildman–Crippen MR) is 91.4 cm³/mol. The molecule has 0 amide bonds. The molecule has 128 valence electrons. The molecule has 0 radical (unpaired) electrons. The maximum atomic E-state index is 5.95. The van der Waals surface area contributed by atoms with Gasteiger partial charge in [-0.2, -0.15) is 0 Å². The van der Waals surface area contributed by atoms with Gasteiger partial charge in [-0.25, -0.2) is 4.98 Å². The third-order valence-electron chi connectivity index (χ3n) is 4.71. The largest absolute Gasteiger partial charge is 0.493 e. The van der Waals surface area contributed by atoms with Crippen molar-refractivity contribution in [2.45, 2.75) is 25.3 Å². The van der Waals surface area contributed by atoms with Gasteiger partial charge in [0.05, 0.1) is 19.9 Å².